The zero-order valence-electron chi connectivity index (χ0n) is 21.7. The predicted molar refractivity (Wildman–Crippen MR) is 136 cm³/mol. The van der Waals surface area contributed by atoms with Gasteiger partial charge in [-0.2, -0.15) is 30.7 Å². The number of nitrogens with two attached hydrogens (primary N) is 2. The zero-order chi connectivity index (χ0) is 26.6. The number of hydrogen-bond acceptors (Lipinski definition) is 12. The second-order valence-corrected chi connectivity index (χ2v) is 7.50. The van der Waals surface area contributed by atoms with Gasteiger partial charge >= 0.3 is 0 Å². The maximum atomic E-state index is 10.7. The Morgan fingerprint density at radius 3 is 1.23 bits per heavy atom. The van der Waals surface area contributed by atoms with Gasteiger partial charge in [0.1, 0.15) is 23.0 Å². The molecule has 19 heteroatoms. The summed E-state index contributed by atoms with van der Waals surface area (Å²) < 4.78 is 5.90. The summed E-state index contributed by atoms with van der Waals surface area (Å²) in [5, 5.41) is 32.0. The molecule has 0 saturated carbocycles. The largest absolute Gasteiger partial charge is 0.382 e. The Kier molecular flexibility index (Phi) is 16.6. The minimum absolute atomic E-state index is 0. The van der Waals surface area contributed by atoms with Gasteiger partial charge in [-0.15, -0.1) is 0 Å². The van der Waals surface area contributed by atoms with Crippen molar-refractivity contribution in [2.75, 3.05) is 11.5 Å². The first-order valence-electron chi connectivity index (χ1n) is 10.3. The molecule has 214 valence electrons. The van der Waals surface area contributed by atoms with Crippen molar-refractivity contribution in [3.05, 3.63) is 34.9 Å². The summed E-state index contributed by atoms with van der Waals surface area (Å²) in [4.78, 5) is 21.3. The van der Waals surface area contributed by atoms with Crippen LogP contribution < -0.4 is 11.5 Å². The minimum atomic E-state index is 0. The van der Waals surface area contributed by atoms with Gasteiger partial charge < -0.3 is 30.4 Å². The normalized spacial score (nSPS) is 10.2. The van der Waals surface area contributed by atoms with Crippen LogP contribution in [-0.4, -0.2) is 51.7 Å². The Labute approximate surface area is 273 Å². The zero-order valence-corrected chi connectivity index (χ0v) is 30.5. The topological polar surface area (TPSA) is 207 Å². The molecule has 0 unspecified atom stereocenters. The molecule has 4 N–H and O–H groups in total. The van der Waals surface area contributed by atoms with Gasteiger partial charge in [0.25, 0.3) is 0 Å². The van der Waals surface area contributed by atoms with Crippen LogP contribution in [0.4, 0.5) is 34.6 Å². The fourth-order valence-electron chi connectivity index (χ4n) is 3.01. The first-order chi connectivity index (χ1) is 17.1. The van der Waals surface area contributed by atoms with Gasteiger partial charge in [0.2, 0.25) is 0 Å². The van der Waals surface area contributed by atoms with E-state index in [9.17, 15) is 9.59 Å². The Hall–Kier alpha value is -2.96. The van der Waals surface area contributed by atoms with Crippen molar-refractivity contribution in [2.24, 2.45) is 48.6 Å². The molecule has 4 rings (SSSR count). The molecule has 0 saturated heterocycles. The summed E-state index contributed by atoms with van der Waals surface area (Å²) in [6, 6.07) is 0. The number of aryl methyl sites for hydroxylation is 6. The summed E-state index contributed by atoms with van der Waals surface area (Å²) in [6.45, 7) is 3.56. The summed E-state index contributed by atoms with van der Waals surface area (Å²) in [5.41, 5.74) is 14.4. The van der Waals surface area contributed by atoms with Gasteiger partial charge in [0.05, 0.1) is 35.6 Å². The number of anilines is 2. The third-order valence-electron chi connectivity index (χ3n) is 4.99. The van der Waals surface area contributed by atoms with E-state index >= 15 is 0 Å². The maximum Gasteiger partial charge on any atom is 0.149 e. The van der Waals surface area contributed by atoms with Gasteiger partial charge in [0, 0.05) is 91.4 Å². The number of nitrogen functional groups attached to an aromatic ring is 2. The van der Waals surface area contributed by atoms with Crippen LogP contribution >= 0.6 is 0 Å². The van der Waals surface area contributed by atoms with Gasteiger partial charge in [0.15, 0.2) is 0 Å². The Balaban J connectivity index is 0. The summed E-state index contributed by atoms with van der Waals surface area (Å²) in [6.07, 6.45) is 6.25. The van der Waals surface area contributed by atoms with E-state index < -0.39 is 0 Å². The van der Waals surface area contributed by atoms with Gasteiger partial charge in [-0.05, 0) is 26.2 Å². The number of nitrogens with zero attached hydrogens (tertiary/aromatic N) is 12. The van der Waals surface area contributed by atoms with E-state index in [1.807, 2.05) is 0 Å². The molecule has 0 bridgehead atoms. The minimum Gasteiger partial charge on any atom is -0.382 e. The maximum absolute atomic E-state index is 10.7. The fourth-order valence-corrected chi connectivity index (χ4v) is 3.01. The van der Waals surface area contributed by atoms with Crippen LogP contribution in [0.3, 0.4) is 0 Å². The van der Waals surface area contributed by atoms with E-state index in [-0.39, 0.29) is 81.7 Å². The molecule has 4 aromatic heterocycles. The summed E-state index contributed by atoms with van der Waals surface area (Å²) >= 11 is 0. The van der Waals surface area contributed by atoms with E-state index in [1.165, 1.54) is 31.1 Å². The standard InChI is InChI=1S/2C10H12N7O.CH4.3W/c2*1-6-8(9(11)16(2)15-6)13-14-10-7(5-18)4-12-17(10)3;;;;/h2*4H,11H2,1-3H3;1H4;;;/q2*-1;;;;. The molecular weight excluding hydrogens is 1030 g/mol. The van der Waals surface area contributed by atoms with Crippen molar-refractivity contribution < 1.29 is 72.8 Å². The van der Waals surface area contributed by atoms with Crippen molar-refractivity contribution in [1.82, 2.24) is 39.1 Å². The summed E-state index contributed by atoms with van der Waals surface area (Å²) in [5.74, 6) is 1.48. The smallest absolute Gasteiger partial charge is 0.149 e. The Bertz CT molecular complexity index is 1370. The number of carbonyl (C=O) groups excluding carboxylic acids is 2. The molecule has 40 heavy (non-hydrogen) atoms. The molecule has 0 amide bonds. The third kappa shape index (κ3) is 8.52. The Morgan fingerprint density at radius 1 is 0.650 bits per heavy atom. The Morgan fingerprint density at radius 2 is 0.975 bits per heavy atom. The first-order valence-corrected chi connectivity index (χ1v) is 10.3. The third-order valence-corrected chi connectivity index (χ3v) is 4.99. The van der Waals surface area contributed by atoms with E-state index in [1.54, 1.807) is 54.6 Å². The molecule has 0 spiro atoms. The van der Waals surface area contributed by atoms with Crippen LogP contribution in [0.25, 0.3) is 0 Å². The quantitative estimate of drug-likeness (QED) is 0.216. The SMILES string of the molecule is C.Cc1nn(C)c(N)c1N=Nc1c([C-]=O)cnn1C.Cc1nn(C)c(N)c1N=Nc1c([C-]=O)cnn1C.[W].[W].[W]. The van der Waals surface area contributed by atoms with Crippen LogP contribution in [0, 0.1) is 13.8 Å². The van der Waals surface area contributed by atoms with Gasteiger partial charge in [-0.3, -0.25) is 19.6 Å². The second-order valence-electron chi connectivity index (χ2n) is 7.50. The molecule has 0 aliphatic carbocycles. The van der Waals surface area contributed by atoms with E-state index in [4.69, 9.17) is 11.5 Å². The predicted octanol–water partition coefficient (Wildman–Crippen LogP) is 2.46. The number of hydrogen-bond donors (Lipinski definition) is 2. The van der Waals surface area contributed by atoms with Crippen molar-refractivity contribution in [2.45, 2.75) is 21.3 Å². The molecule has 4 heterocycles. The van der Waals surface area contributed by atoms with Crippen LogP contribution in [0.2, 0.25) is 0 Å². The van der Waals surface area contributed by atoms with Gasteiger partial charge in [-0.1, -0.05) is 18.6 Å². The number of rotatable bonds is 6. The molecule has 0 aliphatic heterocycles. The van der Waals surface area contributed by atoms with Gasteiger partial charge in [-0.25, -0.2) is 0 Å². The molecule has 0 aromatic carbocycles. The van der Waals surface area contributed by atoms with Crippen molar-refractivity contribution in [3.8, 4) is 0 Å². The average Bonchev–Trinajstić information content (AvgIpc) is 3.53. The summed E-state index contributed by atoms with van der Waals surface area (Å²) in [7, 11) is 6.76. The van der Waals surface area contributed by atoms with Crippen LogP contribution in [0.1, 0.15) is 29.9 Å². The second kappa shape index (κ2) is 17.0. The van der Waals surface area contributed by atoms with E-state index in [2.05, 4.69) is 40.9 Å². The average molecular weight is 1060 g/mol. The fraction of sp³-hybridized carbons (Fsp3) is 0.333. The monoisotopic (exact) mass is 1060 g/mol. The molecule has 0 aliphatic rings. The molecule has 0 fully saturated rings. The van der Waals surface area contributed by atoms with Crippen molar-refractivity contribution >= 4 is 47.2 Å². The van der Waals surface area contributed by atoms with E-state index in [0.717, 1.165) is 0 Å². The van der Waals surface area contributed by atoms with Crippen LogP contribution in [-0.2, 0) is 101 Å². The molecule has 0 atom stereocenters. The molecule has 0 radical (unpaired) electrons. The van der Waals surface area contributed by atoms with Crippen LogP contribution in [0.5, 0.6) is 0 Å². The molecule has 4 aromatic rings. The molecular formula is C21H28N14O2W3-2. The number of aromatic nitrogens is 8. The van der Waals surface area contributed by atoms with Crippen molar-refractivity contribution in [3.63, 3.8) is 0 Å². The molecule has 16 nitrogen and oxygen atoms in total. The van der Waals surface area contributed by atoms with Crippen LogP contribution in [0.15, 0.2) is 32.9 Å². The number of azo groups is 2. The van der Waals surface area contributed by atoms with E-state index in [0.29, 0.717) is 46.0 Å². The first kappa shape index (κ1) is 39.2. The van der Waals surface area contributed by atoms with Crippen molar-refractivity contribution in [1.29, 1.82) is 0 Å².